The Morgan fingerprint density at radius 2 is 1.04 bits per heavy atom. The summed E-state index contributed by atoms with van der Waals surface area (Å²) >= 11 is 0. The minimum absolute atomic E-state index is 0.0304. The molecule has 0 unspecified atom stereocenters. The van der Waals surface area contributed by atoms with Gasteiger partial charge in [0.1, 0.15) is 11.2 Å². The molecule has 0 radical (unpaired) electrons. The second-order valence-corrected chi connectivity index (χ2v) is 11.3. The number of hydrogen-bond acceptors (Lipinski definition) is 1. The first kappa shape index (κ1) is 15.4. The van der Waals surface area contributed by atoms with E-state index < -0.39 is 107 Å². The summed E-state index contributed by atoms with van der Waals surface area (Å²) < 4.78 is 141. The third-order valence-corrected chi connectivity index (χ3v) is 8.74. The molecule has 0 fully saturated rings. The van der Waals surface area contributed by atoms with Crippen molar-refractivity contribution in [3.63, 3.8) is 0 Å². The number of furan rings is 1. The summed E-state index contributed by atoms with van der Waals surface area (Å²) in [7, 11) is 0. The monoisotopic (exact) mass is 611 g/mol. The van der Waals surface area contributed by atoms with E-state index in [0.717, 1.165) is 21.5 Å². The summed E-state index contributed by atoms with van der Waals surface area (Å²) in [6.45, 7) is 0. The van der Waals surface area contributed by atoms with Crippen molar-refractivity contribution in [1.29, 1.82) is 0 Å². The maximum absolute atomic E-state index is 9.49. The first-order valence-electron chi connectivity index (χ1n) is 22.5. The minimum atomic E-state index is -0.740. The molecule has 1 heterocycles. The maximum atomic E-state index is 9.49. The number of benzene rings is 9. The van der Waals surface area contributed by atoms with Crippen molar-refractivity contribution < 1.29 is 25.0 Å². The van der Waals surface area contributed by atoms with Crippen molar-refractivity contribution in [1.82, 2.24) is 0 Å². The summed E-state index contributed by atoms with van der Waals surface area (Å²) in [6, 6.07) is 14.3. The minimum Gasteiger partial charge on any atom is -0.456 e. The lowest BCUT2D eigenvalue weighted by Crippen LogP contribution is -1.92. The molecule has 0 bridgehead atoms. The molecule has 0 amide bonds. The van der Waals surface area contributed by atoms with Gasteiger partial charge in [-0.2, -0.15) is 0 Å². The summed E-state index contributed by atoms with van der Waals surface area (Å²) in [5, 5.41) is 1.84. The lowest BCUT2D eigenvalue weighted by atomic mass is 9.83. The third kappa shape index (κ3) is 3.97. The molecule has 0 atom stereocenters. The van der Waals surface area contributed by atoms with Crippen LogP contribution in [0.25, 0.3) is 98.4 Å². The predicted octanol–water partition coefficient (Wildman–Crippen LogP) is 13.2. The molecule has 1 aromatic heterocycles. The highest BCUT2D eigenvalue weighted by Crippen LogP contribution is 2.47. The zero-order chi connectivity index (χ0) is 44.0. The molecule has 0 aliphatic carbocycles. The highest BCUT2D eigenvalue weighted by molar-refractivity contribution is 6.23. The molecule has 0 spiro atoms. The quantitative estimate of drug-likeness (QED) is 0.181. The van der Waals surface area contributed by atoms with Crippen molar-refractivity contribution in [2.75, 3.05) is 0 Å². The third-order valence-electron chi connectivity index (χ3n) is 8.74. The molecular weight excluding hydrogens is 569 g/mol. The zero-order valence-electron chi connectivity index (χ0n) is 39.4. The van der Waals surface area contributed by atoms with Crippen LogP contribution in [0.3, 0.4) is 0 Å². The molecule has 10 rings (SSSR count). The fraction of sp³-hybridized carbons (Fsp3) is 0. The Morgan fingerprint density at radius 3 is 1.83 bits per heavy atom. The molecule has 47 heavy (non-hydrogen) atoms. The van der Waals surface area contributed by atoms with Gasteiger partial charge in [-0.3, -0.25) is 0 Å². The highest BCUT2D eigenvalue weighted by atomic mass is 16.3. The van der Waals surface area contributed by atoms with Crippen molar-refractivity contribution >= 4 is 65.0 Å². The van der Waals surface area contributed by atoms with E-state index in [1.165, 1.54) is 0 Å². The van der Waals surface area contributed by atoms with Crippen LogP contribution >= 0.6 is 0 Å². The predicted molar refractivity (Wildman–Crippen MR) is 200 cm³/mol. The molecule has 0 N–H and O–H groups in total. The van der Waals surface area contributed by atoms with Crippen molar-refractivity contribution in [3.05, 3.63) is 169 Å². The van der Waals surface area contributed by atoms with E-state index in [4.69, 9.17) is 16.8 Å². The van der Waals surface area contributed by atoms with Crippen LogP contribution in [0.5, 0.6) is 0 Å². The average molecular weight is 612 g/mol. The summed E-state index contributed by atoms with van der Waals surface area (Å²) in [5.74, 6) is 0. The fourth-order valence-corrected chi connectivity index (χ4v) is 6.72. The summed E-state index contributed by atoms with van der Waals surface area (Å²) in [4.78, 5) is 0. The largest absolute Gasteiger partial charge is 0.456 e. The van der Waals surface area contributed by atoms with Gasteiger partial charge in [0.2, 0.25) is 0 Å². The summed E-state index contributed by atoms with van der Waals surface area (Å²) in [5.41, 5.74) is 1.98. The first-order valence-corrected chi connectivity index (χ1v) is 15.0. The van der Waals surface area contributed by atoms with Gasteiger partial charge < -0.3 is 4.42 Å². The van der Waals surface area contributed by atoms with E-state index in [1.54, 1.807) is 24.3 Å². The van der Waals surface area contributed by atoms with Crippen LogP contribution in [-0.4, -0.2) is 0 Å². The first-order chi connectivity index (χ1) is 29.6. The van der Waals surface area contributed by atoms with E-state index in [9.17, 15) is 8.22 Å². The number of fused-ring (bicyclic) bond motifs is 8. The molecule has 0 aliphatic rings. The van der Waals surface area contributed by atoms with Crippen molar-refractivity contribution in [3.8, 4) is 33.4 Å². The van der Waals surface area contributed by atoms with Gasteiger partial charge in [-0.1, -0.05) is 145 Å². The van der Waals surface area contributed by atoms with Gasteiger partial charge in [-0.25, -0.2) is 0 Å². The lowest BCUT2D eigenvalue weighted by Gasteiger charge is -2.20. The average Bonchev–Trinajstić information content (AvgIpc) is 3.66. The van der Waals surface area contributed by atoms with E-state index >= 15 is 0 Å². The van der Waals surface area contributed by atoms with Gasteiger partial charge in [0.25, 0.3) is 0 Å². The standard InChI is InChI=1S/C46H28O/c1-2-13-31-27-33(22-21-29(31)11-1)44-37-17-7-9-19-39(37)45(40-20-10-8-18-38(40)44)36-16-6-5-14-34(36)32-24-25-42-41(28-32)46-35-15-4-3-12-30(35)23-26-43(46)47-42/h1-28H/i1D,2D,7D,8D,9D,10D,11D,13D,17D,18D,19D,20D,21D,22D,27D. The van der Waals surface area contributed by atoms with E-state index in [1.807, 2.05) is 54.6 Å². The fourth-order valence-electron chi connectivity index (χ4n) is 6.72. The molecule has 0 aliphatic heterocycles. The SMILES string of the molecule is [2H]c1c([2H])c([2H])c2c([2H])c(-c3c4c([2H])c([2H])c([2H])c([2H])c4c(-c4ccccc4-c4ccc5oc6ccc7ccccc7c6c5c4)c4c([2H])c([2H])c([2H])c([2H])c34)c([2H])c([2H])c2c1[2H]. The molecular formula is C46H28O. The van der Waals surface area contributed by atoms with E-state index in [2.05, 4.69) is 0 Å². The Balaban J connectivity index is 1.42. The number of rotatable bonds is 3. The van der Waals surface area contributed by atoms with Crippen LogP contribution in [0.1, 0.15) is 20.6 Å². The molecule has 218 valence electrons. The smallest absolute Gasteiger partial charge is 0.136 e. The number of hydrogen-bond donors (Lipinski definition) is 0. The Kier molecular flexibility index (Phi) is 3.33. The molecule has 0 saturated heterocycles. The Bertz CT molecular complexity index is 3620. The normalized spacial score (nSPS) is 16.3. The van der Waals surface area contributed by atoms with Gasteiger partial charge in [0.05, 0.1) is 20.6 Å². The molecule has 1 heteroatoms. The topological polar surface area (TPSA) is 13.1 Å². The van der Waals surface area contributed by atoms with Gasteiger partial charge in [-0.15, -0.1) is 0 Å². The molecule has 10 aromatic rings. The van der Waals surface area contributed by atoms with Gasteiger partial charge in [0.15, 0.2) is 0 Å². The Hall–Kier alpha value is -6.18. The van der Waals surface area contributed by atoms with Gasteiger partial charge in [-0.05, 0) is 101 Å². The van der Waals surface area contributed by atoms with Crippen LogP contribution in [-0.2, 0) is 0 Å². The second kappa shape index (κ2) is 10.2. The van der Waals surface area contributed by atoms with Crippen molar-refractivity contribution in [2.45, 2.75) is 0 Å². The maximum Gasteiger partial charge on any atom is 0.136 e. The zero-order valence-corrected chi connectivity index (χ0v) is 24.4. The van der Waals surface area contributed by atoms with Crippen LogP contribution in [0.15, 0.2) is 174 Å². The lowest BCUT2D eigenvalue weighted by molar-refractivity contribution is 0.669. The van der Waals surface area contributed by atoms with Crippen LogP contribution < -0.4 is 0 Å². The summed E-state index contributed by atoms with van der Waals surface area (Å²) in [6.07, 6.45) is 0. The molecule has 1 nitrogen and oxygen atoms in total. The van der Waals surface area contributed by atoms with Gasteiger partial charge >= 0.3 is 0 Å². The van der Waals surface area contributed by atoms with Crippen LogP contribution in [0, 0.1) is 0 Å². The van der Waals surface area contributed by atoms with Crippen LogP contribution in [0.2, 0.25) is 0 Å². The van der Waals surface area contributed by atoms with Gasteiger partial charge in [0, 0.05) is 10.8 Å². The Morgan fingerprint density at radius 1 is 0.404 bits per heavy atom. The van der Waals surface area contributed by atoms with E-state index in [-0.39, 0.29) is 32.7 Å². The van der Waals surface area contributed by atoms with E-state index in [0.29, 0.717) is 27.9 Å². The van der Waals surface area contributed by atoms with Crippen molar-refractivity contribution in [2.24, 2.45) is 0 Å². The molecule has 0 saturated carbocycles. The highest BCUT2D eigenvalue weighted by Gasteiger charge is 2.20. The van der Waals surface area contributed by atoms with Crippen LogP contribution in [0.4, 0.5) is 0 Å². The second-order valence-electron chi connectivity index (χ2n) is 11.3. The Labute approximate surface area is 293 Å². The molecule has 9 aromatic carbocycles.